The van der Waals surface area contributed by atoms with Gasteiger partial charge in [-0.15, -0.1) is 0 Å². The van der Waals surface area contributed by atoms with Crippen molar-refractivity contribution in [2.24, 2.45) is 0 Å². The van der Waals surface area contributed by atoms with Gasteiger partial charge >= 0.3 is 0 Å². The lowest BCUT2D eigenvalue weighted by atomic mass is 9.99. The van der Waals surface area contributed by atoms with E-state index in [0.29, 0.717) is 5.75 Å². The summed E-state index contributed by atoms with van der Waals surface area (Å²) in [6.45, 7) is 5.18. The first-order valence-corrected chi connectivity index (χ1v) is 4.81. The third kappa shape index (κ3) is 1.39. The number of likely N-dealkylation sites (N-methyl/N-ethyl adjacent to an activating group) is 1. The van der Waals surface area contributed by atoms with Gasteiger partial charge in [0, 0.05) is 19.1 Å². The summed E-state index contributed by atoms with van der Waals surface area (Å²) in [7, 11) is 2.04. The quantitative estimate of drug-likeness (QED) is 0.617. The van der Waals surface area contributed by atoms with E-state index in [1.807, 2.05) is 19.2 Å². The van der Waals surface area contributed by atoms with Gasteiger partial charge in [0.15, 0.2) is 0 Å². The molecule has 0 unspecified atom stereocenters. The highest BCUT2D eigenvalue weighted by Crippen LogP contribution is 2.39. The Bertz CT molecular complexity index is 360. The fraction of sp³-hybridized carbons (Fsp3) is 0.455. The summed E-state index contributed by atoms with van der Waals surface area (Å²) in [6, 6.07) is 5.59. The second-order valence-corrected chi connectivity index (χ2v) is 4.54. The number of fused-ring (bicyclic) bond motifs is 1. The molecule has 0 saturated carbocycles. The highest BCUT2D eigenvalue weighted by atomic mass is 16.3. The Morgan fingerprint density at radius 1 is 1.43 bits per heavy atom. The van der Waals surface area contributed by atoms with Gasteiger partial charge in [0.1, 0.15) is 11.4 Å². The molecule has 3 heteroatoms. The zero-order valence-corrected chi connectivity index (χ0v) is 8.83. The summed E-state index contributed by atoms with van der Waals surface area (Å²) in [5.41, 5.74) is 1.90. The van der Waals surface area contributed by atoms with Crippen LogP contribution in [-0.2, 0) is 0 Å². The van der Waals surface area contributed by atoms with Crippen molar-refractivity contribution < 1.29 is 5.11 Å². The number of anilines is 2. The molecule has 2 rings (SSSR count). The van der Waals surface area contributed by atoms with Gasteiger partial charge in [0.25, 0.3) is 0 Å². The number of nitrogens with one attached hydrogen (secondary N) is 1. The summed E-state index contributed by atoms with van der Waals surface area (Å²) in [6.07, 6.45) is 0. The van der Waals surface area contributed by atoms with E-state index < -0.39 is 0 Å². The SMILES string of the molecule is CN1CC(C)(C)Nc2c(O)cccc21. The maximum absolute atomic E-state index is 9.72. The average molecular weight is 192 g/mol. The van der Waals surface area contributed by atoms with Gasteiger partial charge in [-0.3, -0.25) is 0 Å². The maximum Gasteiger partial charge on any atom is 0.140 e. The molecule has 0 saturated heterocycles. The van der Waals surface area contributed by atoms with E-state index in [4.69, 9.17) is 0 Å². The van der Waals surface area contributed by atoms with E-state index in [2.05, 4.69) is 24.1 Å². The van der Waals surface area contributed by atoms with Crippen molar-refractivity contribution in [2.75, 3.05) is 23.8 Å². The molecular weight excluding hydrogens is 176 g/mol. The number of benzene rings is 1. The lowest BCUT2D eigenvalue weighted by molar-refractivity contribution is 0.468. The molecule has 0 spiro atoms. The minimum atomic E-state index is 0.000579. The highest BCUT2D eigenvalue weighted by molar-refractivity contribution is 5.78. The van der Waals surface area contributed by atoms with Crippen molar-refractivity contribution in [2.45, 2.75) is 19.4 Å². The predicted molar refractivity (Wildman–Crippen MR) is 59.1 cm³/mol. The van der Waals surface area contributed by atoms with Crippen LogP contribution in [0.15, 0.2) is 18.2 Å². The van der Waals surface area contributed by atoms with Crippen molar-refractivity contribution in [3.8, 4) is 5.75 Å². The first-order valence-electron chi connectivity index (χ1n) is 4.81. The van der Waals surface area contributed by atoms with Crippen molar-refractivity contribution in [1.29, 1.82) is 0 Å². The fourth-order valence-electron chi connectivity index (χ4n) is 2.03. The Balaban J connectivity index is 2.51. The van der Waals surface area contributed by atoms with E-state index in [1.54, 1.807) is 6.07 Å². The zero-order valence-electron chi connectivity index (χ0n) is 8.83. The first-order chi connectivity index (χ1) is 6.49. The number of hydrogen-bond acceptors (Lipinski definition) is 3. The summed E-state index contributed by atoms with van der Waals surface area (Å²) < 4.78 is 0. The average Bonchev–Trinajstić information content (AvgIpc) is 2.05. The van der Waals surface area contributed by atoms with Crippen LogP contribution < -0.4 is 10.2 Å². The van der Waals surface area contributed by atoms with Crippen LogP contribution in [0.25, 0.3) is 0 Å². The Morgan fingerprint density at radius 2 is 2.14 bits per heavy atom. The third-order valence-electron chi connectivity index (χ3n) is 2.53. The molecule has 1 aliphatic rings. The van der Waals surface area contributed by atoms with Crippen LogP contribution in [0.1, 0.15) is 13.8 Å². The van der Waals surface area contributed by atoms with E-state index >= 15 is 0 Å². The van der Waals surface area contributed by atoms with Crippen molar-refractivity contribution in [1.82, 2.24) is 0 Å². The standard InChI is InChI=1S/C11H16N2O/c1-11(2)7-13(3)8-5-4-6-9(14)10(8)12-11/h4-6,12,14H,7H2,1-3H3. The smallest absolute Gasteiger partial charge is 0.140 e. The summed E-state index contributed by atoms with van der Waals surface area (Å²) in [5, 5.41) is 13.1. The second kappa shape index (κ2) is 2.80. The topological polar surface area (TPSA) is 35.5 Å². The minimum absolute atomic E-state index is 0.000579. The third-order valence-corrected chi connectivity index (χ3v) is 2.53. The number of para-hydroxylation sites is 1. The molecular formula is C11H16N2O. The number of rotatable bonds is 0. The van der Waals surface area contributed by atoms with Crippen LogP contribution >= 0.6 is 0 Å². The molecule has 3 nitrogen and oxygen atoms in total. The Hall–Kier alpha value is -1.38. The molecule has 14 heavy (non-hydrogen) atoms. The molecule has 1 aromatic carbocycles. The number of phenolic OH excluding ortho intramolecular Hbond substituents is 1. The molecule has 2 N–H and O–H groups in total. The monoisotopic (exact) mass is 192 g/mol. The summed E-state index contributed by atoms with van der Waals surface area (Å²) >= 11 is 0. The first kappa shape index (κ1) is 9.19. The molecule has 0 amide bonds. The van der Waals surface area contributed by atoms with E-state index in [9.17, 15) is 5.11 Å². The zero-order chi connectivity index (χ0) is 10.3. The van der Waals surface area contributed by atoms with E-state index in [0.717, 1.165) is 17.9 Å². The molecule has 1 heterocycles. The molecule has 76 valence electrons. The van der Waals surface area contributed by atoms with Gasteiger partial charge in [-0.1, -0.05) is 6.07 Å². The van der Waals surface area contributed by atoms with Crippen LogP contribution in [0.2, 0.25) is 0 Å². The van der Waals surface area contributed by atoms with Crippen LogP contribution in [0.3, 0.4) is 0 Å². The maximum atomic E-state index is 9.72. The van der Waals surface area contributed by atoms with Crippen LogP contribution in [0, 0.1) is 0 Å². The Morgan fingerprint density at radius 3 is 2.86 bits per heavy atom. The van der Waals surface area contributed by atoms with Crippen molar-refractivity contribution >= 4 is 11.4 Å². The Kier molecular flexibility index (Phi) is 1.84. The van der Waals surface area contributed by atoms with Gasteiger partial charge in [-0.05, 0) is 26.0 Å². The fourth-order valence-corrected chi connectivity index (χ4v) is 2.03. The molecule has 0 atom stereocenters. The highest BCUT2D eigenvalue weighted by Gasteiger charge is 2.28. The molecule has 0 radical (unpaired) electrons. The van der Waals surface area contributed by atoms with Crippen LogP contribution in [-0.4, -0.2) is 24.2 Å². The Labute approximate surface area is 84.4 Å². The van der Waals surface area contributed by atoms with Crippen molar-refractivity contribution in [3.63, 3.8) is 0 Å². The normalized spacial score (nSPS) is 18.6. The van der Waals surface area contributed by atoms with Gasteiger partial charge in [-0.25, -0.2) is 0 Å². The predicted octanol–water partition coefficient (Wildman–Crippen LogP) is 2.03. The van der Waals surface area contributed by atoms with Gasteiger partial charge in [-0.2, -0.15) is 0 Å². The number of nitrogens with zero attached hydrogens (tertiary/aromatic N) is 1. The van der Waals surface area contributed by atoms with E-state index in [-0.39, 0.29) is 5.54 Å². The van der Waals surface area contributed by atoms with E-state index in [1.165, 1.54) is 0 Å². The van der Waals surface area contributed by atoms with Crippen molar-refractivity contribution in [3.05, 3.63) is 18.2 Å². The van der Waals surface area contributed by atoms with Gasteiger partial charge < -0.3 is 15.3 Å². The minimum Gasteiger partial charge on any atom is -0.506 e. The molecule has 0 fully saturated rings. The van der Waals surface area contributed by atoms with Gasteiger partial charge in [0.05, 0.1) is 5.69 Å². The van der Waals surface area contributed by atoms with Gasteiger partial charge in [0.2, 0.25) is 0 Å². The van der Waals surface area contributed by atoms with Crippen LogP contribution in [0.4, 0.5) is 11.4 Å². The number of hydrogen-bond donors (Lipinski definition) is 2. The second-order valence-electron chi connectivity index (χ2n) is 4.54. The largest absolute Gasteiger partial charge is 0.506 e. The molecule has 1 aliphatic heterocycles. The lowest BCUT2D eigenvalue weighted by Crippen LogP contribution is -2.46. The molecule has 0 aromatic heterocycles. The summed E-state index contributed by atoms with van der Waals surface area (Å²) in [4.78, 5) is 2.16. The van der Waals surface area contributed by atoms with Crippen LogP contribution in [0.5, 0.6) is 5.75 Å². The number of phenols is 1. The number of aromatic hydroxyl groups is 1. The molecule has 1 aromatic rings. The molecule has 0 aliphatic carbocycles. The molecule has 0 bridgehead atoms. The summed E-state index contributed by atoms with van der Waals surface area (Å²) in [5.74, 6) is 0.321. The lowest BCUT2D eigenvalue weighted by Gasteiger charge is -2.40.